The third-order valence-electron chi connectivity index (χ3n) is 3.23. The molecule has 0 heterocycles. The predicted octanol–water partition coefficient (Wildman–Crippen LogP) is 0.891. The van der Waals surface area contributed by atoms with Crippen molar-refractivity contribution in [2.75, 3.05) is 6.61 Å². The number of rotatable bonds is 4. The SMILES string of the molecule is O=COCC(=O)OC1CC2CCC1C2. The molecular formula is C10H14O4. The molecule has 0 radical (unpaired) electrons. The maximum Gasteiger partial charge on any atom is 0.344 e. The quantitative estimate of drug-likeness (QED) is 0.497. The minimum atomic E-state index is -0.422. The first-order valence-corrected chi connectivity index (χ1v) is 5.04. The summed E-state index contributed by atoms with van der Waals surface area (Å²) in [4.78, 5) is 21.0. The van der Waals surface area contributed by atoms with Crippen molar-refractivity contribution in [1.82, 2.24) is 0 Å². The highest BCUT2D eigenvalue weighted by Gasteiger charge is 2.41. The Kier molecular flexibility index (Phi) is 2.70. The highest BCUT2D eigenvalue weighted by Crippen LogP contribution is 2.45. The molecule has 2 aliphatic rings. The summed E-state index contributed by atoms with van der Waals surface area (Å²) >= 11 is 0. The van der Waals surface area contributed by atoms with Gasteiger partial charge in [0, 0.05) is 0 Å². The number of ether oxygens (including phenoxy) is 2. The van der Waals surface area contributed by atoms with Crippen LogP contribution in [0.4, 0.5) is 0 Å². The Balaban J connectivity index is 1.75. The number of carbonyl (C=O) groups excluding carboxylic acids is 2. The summed E-state index contributed by atoms with van der Waals surface area (Å²) in [5, 5.41) is 0. The minimum absolute atomic E-state index is 0.0801. The molecule has 78 valence electrons. The van der Waals surface area contributed by atoms with Crippen LogP contribution in [0, 0.1) is 11.8 Å². The van der Waals surface area contributed by atoms with Crippen LogP contribution in [-0.4, -0.2) is 25.2 Å². The van der Waals surface area contributed by atoms with Crippen LogP contribution in [0.15, 0.2) is 0 Å². The van der Waals surface area contributed by atoms with E-state index < -0.39 is 5.97 Å². The monoisotopic (exact) mass is 198 g/mol. The third-order valence-corrected chi connectivity index (χ3v) is 3.23. The van der Waals surface area contributed by atoms with Gasteiger partial charge < -0.3 is 9.47 Å². The normalized spacial score (nSPS) is 34.1. The van der Waals surface area contributed by atoms with Crippen molar-refractivity contribution in [3.8, 4) is 0 Å². The Bertz CT molecular complexity index is 238. The molecule has 4 nitrogen and oxygen atoms in total. The summed E-state index contributed by atoms with van der Waals surface area (Å²) in [5.74, 6) is 0.889. The standard InChI is InChI=1S/C10H14O4/c11-6-13-5-10(12)14-9-4-7-1-2-8(9)3-7/h6-9H,1-5H2. The van der Waals surface area contributed by atoms with Crippen molar-refractivity contribution < 1.29 is 19.1 Å². The molecule has 0 amide bonds. The lowest BCUT2D eigenvalue weighted by molar-refractivity contribution is -0.159. The topological polar surface area (TPSA) is 52.6 Å². The zero-order valence-corrected chi connectivity index (χ0v) is 7.98. The zero-order valence-electron chi connectivity index (χ0n) is 7.98. The summed E-state index contributed by atoms with van der Waals surface area (Å²) in [6.07, 6.45) is 4.74. The number of fused-ring (bicyclic) bond motifs is 2. The van der Waals surface area contributed by atoms with Gasteiger partial charge in [-0.15, -0.1) is 0 Å². The van der Waals surface area contributed by atoms with Gasteiger partial charge in [-0.25, -0.2) is 4.79 Å². The van der Waals surface area contributed by atoms with Crippen LogP contribution in [0.25, 0.3) is 0 Å². The lowest BCUT2D eigenvalue weighted by atomic mass is 9.98. The molecule has 14 heavy (non-hydrogen) atoms. The van der Waals surface area contributed by atoms with Gasteiger partial charge in [-0.2, -0.15) is 0 Å². The molecule has 2 aliphatic carbocycles. The van der Waals surface area contributed by atoms with Crippen molar-refractivity contribution in [2.45, 2.75) is 31.8 Å². The zero-order chi connectivity index (χ0) is 9.97. The number of esters is 1. The fourth-order valence-electron chi connectivity index (χ4n) is 2.64. The van der Waals surface area contributed by atoms with E-state index >= 15 is 0 Å². The van der Waals surface area contributed by atoms with E-state index in [1.165, 1.54) is 19.3 Å². The van der Waals surface area contributed by atoms with Crippen molar-refractivity contribution in [1.29, 1.82) is 0 Å². The van der Waals surface area contributed by atoms with E-state index in [1.807, 2.05) is 0 Å². The first-order chi connectivity index (χ1) is 6.79. The molecule has 0 saturated heterocycles. The van der Waals surface area contributed by atoms with Crippen LogP contribution in [-0.2, 0) is 19.1 Å². The van der Waals surface area contributed by atoms with Crippen molar-refractivity contribution in [3.63, 3.8) is 0 Å². The fourth-order valence-corrected chi connectivity index (χ4v) is 2.64. The lowest BCUT2D eigenvalue weighted by Crippen LogP contribution is -2.26. The van der Waals surface area contributed by atoms with Gasteiger partial charge in [-0.05, 0) is 37.5 Å². The second kappa shape index (κ2) is 3.98. The van der Waals surface area contributed by atoms with Crippen molar-refractivity contribution in [2.24, 2.45) is 11.8 Å². The number of carbonyl (C=O) groups is 2. The second-order valence-corrected chi connectivity index (χ2v) is 4.11. The fraction of sp³-hybridized carbons (Fsp3) is 0.800. The molecule has 4 heteroatoms. The Morgan fingerprint density at radius 2 is 2.21 bits per heavy atom. The van der Waals surface area contributed by atoms with Crippen LogP contribution in [0.3, 0.4) is 0 Å². The van der Waals surface area contributed by atoms with Gasteiger partial charge in [0.2, 0.25) is 0 Å². The van der Waals surface area contributed by atoms with E-state index in [2.05, 4.69) is 4.74 Å². The van der Waals surface area contributed by atoms with Gasteiger partial charge in [0.25, 0.3) is 6.47 Å². The van der Waals surface area contributed by atoms with Gasteiger partial charge in [-0.1, -0.05) is 0 Å². The van der Waals surface area contributed by atoms with E-state index in [1.54, 1.807) is 0 Å². The molecule has 0 spiro atoms. The van der Waals surface area contributed by atoms with E-state index in [0.29, 0.717) is 5.92 Å². The molecule has 0 N–H and O–H groups in total. The molecular weight excluding hydrogens is 184 g/mol. The Hall–Kier alpha value is -1.06. The minimum Gasteiger partial charge on any atom is -0.460 e. The maximum atomic E-state index is 11.1. The highest BCUT2D eigenvalue weighted by molar-refractivity contribution is 5.72. The van der Waals surface area contributed by atoms with Crippen molar-refractivity contribution in [3.05, 3.63) is 0 Å². The van der Waals surface area contributed by atoms with Gasteiger partial charge in [0.1, 0.15) is 6.10 Å². The molecule has 2 saturated carbocycles. The van der Waals surface area contributed by atoms with E-state index in [0.717, 1.165) is 12.3 Å². The van der Waals surface area contributed by atoms with Gasteiger partial charge >= 0.3 is 5.97 Å². The van der Waals surface area contributed by atoms with Gasteiger partial charge in [0.05, 0.1) is 0 Å². The van der Waals surface area contributed by atoms with E-state index in [4.69, 9.17) is 4.74 Å². The number of hydrogen-bond donors (Lipinski definition) is 0. The first-order valence-electron chi connectivity index (χ1n) is 5.04. The molecule has 0 aromatic rings. The average Bonchev–Trinajstić information content (AvgIpc) is 2.76. The van der Waals surface area contributed by atoms with Crippen molar-refractivity contribution >= 4 is 12.4 Å². The van der Waals surface area contributed by atoms with E-state index in [-0.39, 0.29) is 19.2 Å². The molecule has 0 aliphatic heterocycles. The summed E-state index contributed by atoms with van der Waals surface area (Å²) in [7, 11) is 0. The Labute approximate surface area is 82.6 Å². The molecule has 0 aromatic heterocycles. The highest BCUT2D eigenvalue weighted by atomic mass is 16.6. The Morgan fingerprint density at radius 1 is 1.36 bits per heavy atom. The van der Waals surface area contributed by atoms with Crippen LogP contribution >= 0.6 is 0 Å². The predicted molar refractivity (Wildman–Crippen MR) is 47.3 cm³/mol. The van der Waals surface area contributed by atoms with Crippen LogP contribution in [0.2, 0.25) is 0 Å². The second-order valence-electron chi connectivity index (χ2n) is 4.11. The maximum absolute atomic E-state index is 11.1. The average molecular weight is 198 g/mol. The summed E-state index contributed by atoms with van der Waals surface area (Å²) < 4.78 is 9.56. The molecule has 0 aromatic carbocycles. The molecule has 2 rings (SSSR count). The first kappa shape index (κ1) is 9.49. The van der Waals surface area contributed by atoms with Gasteiger partial charge in [0.15, 0.2) is 6.61 Å². The van der Waals surface area contributed by atoms with E-state index in [9.17, 15) is 9.59 Å². The van der Waals surface area contributed by atoms with Crippen LogP contribution < -0.4 is 0 Å². The number of hydrogen-bond acceptors (Lipinski definition) is 4. The molecule has 3 unspecified atom stereocenters. The van der Waals surface area contributed by atoms with Crippen LogP contribution in [0.5, 0.6) is 0 Å². The summed E-state index contributed by atoms with van der Waals surface area (Å²) in [6, 6.07) is 0. The smallest absolute Gasteiger partial charge is 0.344 e. The largest absolute Gasteiger partial charge is 0.460 e. The summed E-state index contributed by atoms with van der Waals surface area (Å²) in [6.45, 7) is 0.0133. The van der Waals surface area contributed by atoms with Gasteiger partial charge in [-0.3, -0.25) is 4.79 Å². The third kappa shape index (κ3) is 1.89. The Morgan fingerprint density at radius 3 is 2.79 bits per heavy atom. The molecule has 2 bridgehead atoms. The van der Waals surface area contributed by atoms with Crippen LogP contribution in [0.1, 0.15) is 25.7 Å². The molecule has 2 fully saturated rings. The lowest BCUT2D eigenvalue weighted by Gasteiger charge is -2.21. The molecule has 3 atom stereocenters. The summed E-state index contributed by atoms with van der Waals surface area (Å²) in [5.41, 5.74) is 0.